The fraction of sp³-hybridized carbons (Fsp3) is 0.227. The number of nitro benzene ring substituents is 1. The molecule has 3 rings (SSSR count). The van der Waals surface area contributed by atoms with E-state index in [1.807, 2.05) is 0 Å². The minimum Gasteiger partial charge on any atom is -0.493 e. The van der Waals surface area contributed by atoms with Gasteiger partial charge >= 0.3 is 5.97 Å². The molecule has 0 spiro atoms. The largest absolute Gasteiger partial charge is 0.493 e. The van der Waals surface area contributed by atoms with Gasteiger partial charge in [-0.2, -0.15) is 0 Å². The summed E-state index contributed by atoms with van der Waals surface area (Å²) < 4.78 is 15.7. The smallest absolute Gasteiger partial charge is 0.328 e. The zero-order valence-corrected chi connectivity index (χ0v) is 19.8. The van der Waals surface area contributed by atoms with Gasteiger partial charge in [-0.3, -0.25) is 24.6 Å². The van der Waals surface area contributed by atoms with E-state index in [1.54, 1.807) is 18.2 Å². The Balaban J connectivity index is 1.81. The molecule has 178 valence electrons. The van der Waals surface area contributed by atoms with Gasteiger partial charge in [0, 0.05) is 12.1 Å². The molecule has 0 unspecified atom stereocenters. The molecule has 1 fully saturated rings. The van der Waals surface area contributed by atoms with E-state index in [2.05, 4.69) is 4.74 Å². The van der Waals surface area contributed by atoms with Crippen LogP contribution in [0.2, 0.25) is 5.02 Å². The van der Waals surface area contributed by atoms with E-state index in [0.29, 0.717) is 22.9 Å². The molecule has 10 nitrogen and oxygen atoms in total. The summed E-state index contributed by atoms with van der Waals surface area (Å²) in [7, 11) is 2.59. The molecule has 1 aliphatic heterocycles. The standard InChI is InChI=1S/C22H19ClN2O8S/c1-12(21(27)32-3)24-20(26)18(34-22(24)28)10-14-8-16(23)19(17(9-14)31-2)33-11-13-4-6-15(7-5-13)25(29)30/h4-10,12H,11H2,1-3H3/b18-10+/t12-/m0/s1. The van der Waals surface area contributed by atoms with Crippen molar-refractivity contribution in [3.8, 4) is 11.5 Å². The summed E-state index contributed by atoms with van der Waals surface area (Å²) in [4.78, 5) is 48.0. The summed E-state index contributed by atoms with van der Waals surface area (Å²) in [6, 6.07) is 7.93. The Morgan fingerprint density at radius 2 is 1.91 bits per heavy atom. The van der Waals surface area contributed by atoms with Crippen LogP contribution in [-0.2, 0) is 20.9 Å². The van der Waals surface area contributed by atoms with Crippen molar-refractivity contribution in [2.45, 2.75) is 19.6 Å². The minimum atomic E-state index is -1.06. The number of nitro groups is 1. The number of hydrogen-bond donors (Lipinski definition) is 0. The molecule has 1 saturated heterocycles. The first-order valence-electron chi connectivity index (χ1n) is 9.74. The second kappa shape index (κ2) is 10.6. The second-order valence-electron chi connectivity index (χ2n) is 7.00. The Hall–Kier alpha value is -3.57. The van der Waals surface area contributed by atoms with Crippen LogP contribution in [0.4, 0.5) is 10.5 Å². The topological polar surface area (TPSA) is 125 Å². The van der Waals surface area contributed by atoms with Gasteiger partial charge in [-0.25, -0.2) is 4.79 Å². The Morgan fingerprint density at radius 3 is 2.50 bits per heavy atom. The van der Waals surface area contributed by atoms with Gasteiger partial charge < -0.3 is 14.2 Å². The van der Waals surface area contributed by atoms with Crippen LogP contribution in [0, 0.1) is 10.1 Å². The van der Waals surface area contributed by atoms with Crippen molar-refractivity contribution in [2.24, 2.45) is 0 Å². The number of halogens is 1. The molecule has 0 saturated carbocycles. The lowest BCUT2D eigenvalue weighted by Crippen LogP contribution is -2.42. The molecule has 2 amide bonds. The van der Waals surface area contributed by atoms with Crippen LogP contribution in [0.1, 0.15) is 18.1 Å². The maximum Gasteiger partial charge on any atom is 0.328 e. The van der Waals surface area contributed by atoms with Crippen LogP contribution in [0.5, 0.6) is 11.5 Å². The number of methoxy groups -OCH3 is 2. The average Bonchev–Trinajstić information content (AvgIpc) is 3.09. The van der Waals surface area contributed by atoms with E-state index in [4.69, 9.17) is 21.1 Å². The number of carbonyl (C=O) groups is 3. The lowest BCUT2D eigenvalue weighted by Gasteiger charge is -2.18. The number of thioether (sulfide) groups is 1. The molecule has 0 bridgehead atoms. The third kappa shape index (κ3) is 5.32. The molecule has 0 aromatic heterocycles. The van der Waals surface area contributed by atoms with Crippen molar-refractivity contribution in [3.05, 3.63) is 67.6 Å². The number of benzene rings is 2. The third-order valence-electron chi connectivity index (χ3n) is 4.83. The first kappa shape index (κ1) is 25.1. The third-order valence-corrected chi connectivity index (χ3v) is 6.00. The number of imide groups is 1. The monoisotopic (exact) mass is 506 g/mol. The summed E-state index contributed by atoms with van der Waals surface area (Å²) in [5.74, 6) is -0.806. The second-order valence-corrected chi connectivity index (χ2v) is 8.40. The fourth-order valence-electron chi connectivity index (χ4n) is 3.07. The molecule has 1 heterocycles. The zero-order chi connectivity index (χ0) is 25.0. The molecule has 0 N–H and O–H groups in total. The molecule has 0 aliphatic carbocycles. The number of ether oxygens (including phenoxy) is 3. The number of esters is 1. The normalized spacial score (nSPS) is 15.4. The summed E-state index contributed by atoms with van der Waals surface area (Å²) in [6.45, 7) is 1.49. The molecule has 34 heavy (non-hydrogen) atoms. The van der Waals surface area contributed by atoms with E-state index in [-0.39, 0.29) is 33.7 Å². The summed E-state index contributed by atoms with van der Waals surface area (Å²) >= 11 is 7.08. The lowest BCUT2D eigenvalue weighted by molar-refractivity contribution is -0.384. The van der Waals surface area contributed by atoms with E-state index < -0.39 is 28.1 Å². The van der Waals surface area contributed by atoms with Gasteiger partial charge in [0.2, 0.25) is 0 Å². The Labute approximate surface area is 203 Å². The average molecular weight is 507 g/mol. The van der Waals surface area contributed by atoms with E-state index in [9.17, 15) is 24.5 Å². The highest BCUT2D eigenvalue weighted by molar-refractivity contribution is 8.18. The quantitative estimate of drug-likeness (QED) is 0.221. The van der Waals surface area contributed by atoms with Crippen molar-refractivity contribution in [3.63, 3.8) is 0 Å². The van der Waals surface area contributed by atoms with Crippen molar-refractivity contribution < 1.29 is 33.5 Å². The van der Waals surface area contributed by atoms with Crippen LogP contribution >= 0.6 is 23.4 Å². The number of rotatable bonds is 8. The van der Waals surface area contributed by atoms with Gasteiger partial charge in [0.25, 0.3) is 16.8 Å². The van der Waals surface area contributed by atoms with E-state index in [0.717, 1.165) is 4.90 Å². The summed E-state index contributed by atoms with van der Waals surface area (Å²) in [5.41, 5.74) is 1.12. The maximum absolute atomic E-state index is 12.7. The predicted molar refractivity (Wildman–Crippen MR) is 125 cm³/mol. The van der Waals surface area contributed by atoms with Gasteiger partial charge in [-0.1, -0.05) is 11.6 Å². The number of non-ortho nitro benzene ring substituents is 1. The molecule has 12 heteroatoms. The fourth-order valence-corrected chi connectivity index (χ4v) is 4.26. The molecule has 1 atom stereocenters. The summed E-state index contributed by atoms with van der Waals surface area (Å²) in [5, 5.41) is 10.4. The highest BCUT2D eigenvalue weighted by Crippen LogP contribution is 2.39. The molecular formula is C22H19ClN2O8S. The van der Waals surface area contributed by atoms with Crippen LogP contribution in [0.3, 0.4) is 0 Å². The van der Waals surface area contributed by atoms with E-state index >= 15 is 0 Å². The highest BCUT2D eigenvalue weighted by Gasteiger charge is 2.41. The first-order valence-corrected chi connectivity index (χ1v) is 10.9. The zero-order valence-electron chi connectivity index (χ0n) is 18.3. The SMILES string of the molecule is COC(=O)[C@H](C)N1C(=O)S/C(=C/c2cc(Cl)c(OCc3ccc([N+](=O)[O-])cc3)c(OC)c2)C1=O. The molecule has 2 aromatic rings. The van der Waals surface area contributed by atoms with E-state index in [1.165, 1.54) is 45.4 Å². The Morgan fingerprint density at radius 1 is 1.24 bits per heavy atom. The molecule has 0 radical (unpaired) electrons. The number of nitrogens with zero attached hydrogens (tertiary/aromatic N) is 2. The number of amides is 2. The molecule has 1 aliphatic rings. The maximum atomic E-state index is 12.7. The Kier molecular flexibility index (Phi) is 7.79. The van der Waals surface area contributed by atoms with Crippen molar-refractivity contribution in [1.82, 2.24) is 4.90 Å². The van der Waals surface area contributed by atoms with Gasteiger partial charge in [-0.15, -0.1) is 0 Å². The molecule has 2 aromatic carbocycles. The van der Waals surface area contributed by atoms with Crippen LogP contribution in [0.25, 0.3) is 6.08 Å². The predicted octanol–water partition coefficient (Wildman–Crippen LogP) is 4.43. The Bertz CT molecular complexity index is 1180. The minimum absolute atomic E-state index is 0.0332. The van der Waals surface area contributed by atoms with Crippen LogP contribution in [0.15, 0.2) is 41.3 Å². The lowest BCUT2D eigenvalue weighted by atomic mass is 10.1. The van der Waals surface area contributed by atoms with Gasteiger partial charge in [0.05, 0.1) is 29.1 Å². The van der Waals surface area contributed by atoms with Crippen LogP contribution < -0.4 is 9.47 Å². The van der Waals surface area contributed by atoms with Crippen molar-refractivity contribution in [1.29, 1.82) is 0 Å². The van der Waals surface area contributed by atoms with Crippen LogP contribution in [-0.4, -0.2) is 47.2 Å². The molecular weight excluding hydrogens is 488 g/mol. The van der Waals surface area contributed by atoms with Gasteiger partial charge in [0.15, 0.2) is 11.5 Å². The van der Waals surface area contributed by atoms with Crippen molar-refractivity contribution >= 4 is 52.2 Å². The number of carbonyl (C=O) groups excluding carboxylic acids is 3. The van der Waals surface area contributed by atoms with Crippen molar-refractivity contribution in [2.75, 3.05) is 14.2 Å². The first-order chi connectivity index (χ1) is 16.2. The van der Waals surface area contributed by atoms with Gasteiger partial charge in [-0.05, 0) is 60.2 Å². The number of hydrogen-bond acceptors (Lipinski definition) is 9. The highest BCUT2D eigenvalue weighted by atomic mass is 35.5. The summed E-state index contributed by atoms with van der Waals surface area (Å²) in [6.07, 6.45) is 1.46. The van der Waals surface area contributed by atoms with Gasteiger partial charge in [0.1, 0.15) is 12.6 Å².